The van der Waals surface area contributed by atoms with Gasteiger partial charge in [0.15, 0.2) is 0 Å². The Balaban J connectivity index is 0.00000496. The minimum atomic E-state index is 0. The Kier molecular flexibility index (Phi) is 11.4. The molecule has 0 saturated heterocycles. The first-order valence-corrected chi connectivity index (χ1v) is 20.0. The Morgan fingerprint density at radius 1 is 0.579 bits per heavy atom. The Morgan fingerprint density at radius 3 is 1.81 bits per heavy atom. The van der Waals surface area contributed by atoms with Crippen LogP contribution in [0.25, 0.3) is 72.4 Å². The van der Waals surface area contributed by atoms with Gasteiger partial charge >= 0.3 is 0 Å². The van der Waals surface area contributed by atoms with Crippen LogP contribution in [0.5, 0.6) is 5.75 Å². The maximum absolute atomic E-state index is 11.2. The molecular formula is C52H50N3OPt-. The molecule has 1 N–H and O–H groups in total. The summed E-state index contributed by atoms with van der Waals surface area (Å²) < 4.78 is 2.27. The van der Waals surface area contributed by atoms with Crippen LogP contribution in [0, 0.1) is 6.07 Å². The number of imidazole rings is 1. The molecule has 0 fully saturated rings. The van der Waals surface area contributed by atoms with Crippen molar-refractivity contribution >= 4 is 21.8 Å². The number of hydrogen-bond acceptors (Lipinski definition) is 3. The van der Waals surface area contributed by atoms with Crippen molar-refractivity contribution in [1.29, 1.82) is 0 Å². The average molecular weight is 928 g/mol. The van der Waals surface area contributed by atoms with E-state index < -0.39 is 0 Å². The Hall–Kier alpha value is -5.31. The van der Waals surface area contributed by atoms with Gasteiger partial charge in [-0.05, 0) is 98.2 Å². The van der Waals surface area contributed by atoms with E-state index >= 15 is 0 Å². The SMILES string of the molecule is CC(C)c1cccc(C(C)C)c1-c1ccc2c(-c3[c-]c(-c4cccc5c4nc(-c4ccccc4O)n5-c4c(C(C)C)cccc4C(C)C)ccc3)nccc2c1.[Pt]. The van der Waals surface area contributed by atoms with E-state index in [0.717, 1.165) is 49.9 Å². The molecule has 0 amide bonds. The normalized spacial score (nSPS) is 11.7. The molecule has 0 unspecified atom stereocenters. The van der Waals surface area contributed by atoms with E-state index in [1.165, 1.54) is 33.4 Å². The van der Waals surface area contributed by atoms with Crippen LogP contribution in [0.15, 0.2) is 128 Å². The van der Waals surface area contributed by atoms with Gasteiger partial charge in [-0.3, -0.25) is 9.55 Å². The molecule has 0 aliphatic heterocycles. The van der Waals surface area contributed by atoms with Crippen LogP contribution in [0.3, 0.4) is 0 Å². The van der Waals surface area contributed by atoms with Gasteiger partial charge in [-0.25, -0.2) is 4.98 Å². The van der Waals surface area contributed by atoms with Crippen LogP contribution in [-0.4, -0.2) is 19.6 Å². The number of para-hydroxylation sites is 3. The molecule has 0 spiro atoms. The van der Waals surface area contributed by atoms with Gasteiger partial charge in [0.1, 0.15) is 11.6 Å². The van der Waals surface area contributed by atoms with Crippen LogP contribution in [0.1, 0.15) is 101 Å². The second kappa shape index (κ2) is 16.3. The third kappa shape index (κ3) is 7.26. The fourth-order valence-corrected chi connectivity index (χ4v) is 8.35. The summed E-state index contributed by atoms with van der Waals surface area (Å²) in [5.74, 6) is 2.29. The van der Waals surface area contributed by atoms with Gasteiger partial charge in [0.2, 0.25) is 0 Å². The van der Waals surface area contributed by atoms with Crippen LogP contribution >= 0.6 is 0 Å². The first-order valence-electron chi connectivity index (χ1n) is 20.0. The number of pyridine rings is 1. The minimum Gasteiger partial charge on any atom is -0.507 e. The second-order valence-electron chi connectivity index (χ2n) is 16.3. The molecule has 0 radical (unpaired) electrons. The molecule has 5 heteroatoms. The minimum absolute atomic E-state index is 0. The number of fused-ring (bicyclic) bond motifs is 2. The zero-order chi connectivity index (χ0) is 39.2. The summed E-state index contributed by atoms with van der Waals surface area (Å²) in [7, 11) is 0. The zero-order valence-electron chi connectivity index (χ0n) is 34.0. The number of nitrogens with zero attached hydrogens (tertiary/aromatic N) is 3. The van der Waals surface area contributed by atoms with Crippen molar-refractivity contribution in [1.82, 2.24) is 14.5 Å². The van der Waals surface area contributed by atoms with E-state index in [1.54, 1.807) is 6.07 Å². The summed E-state index contributed by atoms with van der Waals surface area (Å²) in [4.78, 5) is 10.3. The largest absolute Gasteiger partial charge is 0.507 e. The molecule has 0 saturated carbocycles. The maximum Gasteiger partial charge on any atom is 0.148 e. The maximum atomic E-state index is 11.2. The molecule has 2 heterocycles. The Labute approximate surface area is 352 Å². The number of aromatic hydroxyl groups is 1. The van der Waals surface area contributed by atoms with Gasteiger partial charge < -0.3 is 5.11 Å². The van der Waals surface area contributed by atoms with Gasteiger partial charge in [0.05, 0.1) is 22.3 Å². The second-order valence-corrected chi connectivity index (χ2v) is 16.3. The van der Waals surface area contributed by atoms with Crippen LogP contribution in [0.2, 0.25) is 0 Å². The number of phenolic OH excluding ortho intramolecular Hbond substituents is 1. The molecule has 0 aliphatic carbocycles. The summed E-state index contributed by atoms with van der Waals surface area (Å²) in [6.07, 6.45) is 1.92. The zero-order valence-corrected chi connectivity index (χ0v) is 36.3. The van der Waals surface area contributed by atoms with Crippen molar-refractivity contribution < 1.29 is 26.2 Å². The van der Waals surface area contributed by atoms with E-state index in [2.05, 4.69) is 163 Å². The van der Waals surface area contributed by atoms with Gasteiger partial charge in [-0.2, -0.15) is 0 Å². The summed E-state index contributed by atoms with van der Waals surface area (Å²) in [5.41, 5.74) is 15.2. The molecule has 290 valence electrons. The smallest absolute Gasteiger partial charge is 0.148 e. The number of hydrogen-bond donors (Lipinski definition) is 1. The van der Waals surface area contributed by atoms with E-state index in [-0.39, 0.29) is 38.7 Å². The van der Waals surface area contributed by atoms with Crippen molar-refractivity contribution in [3.8, 4) is 56.3 Å². The molecule has 0 aliphatic rings. The Morgan fingerprint density at radius 2 is 1.16 bits per heavy atom. The third-order valence-electron chi connectivity index (χ3n) is 11.2. The molecule has 6 aromatic carbocycles. The molecular weight excluding hydrogens is 878 g/mol. The van der Waals surface area contributed by atoms with Gasteiger partial charge in [0, 0.05) is 33.0 Å². The fraction of sp³-hybridized carbons (Fsp3) is 0.231. The first-order chi connectivity index (χ1) is 27.0. The number of benzene rings is 6. The van der Waals surface area contributed by atoms with Crippen molar-refractivity contribution in [3.05, 3.63) is 156 Å². The monoisotopic (exact) mass is 927 g/mol. The van der Waals surface area contributed by atoms with Crippen LogP contribution in [-0.2, 0) is 21.1 Å². The summed E-state index contributed by atoms with van der Waals surface area (Å²) in [6, 6.07) is 46.3. The molecule has 57 heavy (non-hydrogen) atoms. The van der Waals surface area contributed by atoms with E-state index in [9.17, 15) is 5.11 Å². The van der Waals surface area contributed by atoms with Gasteiger partial charge in [0.25, 0.3) is 0 Å². The van der Waals surface area contributed by atoms with Crippen LogP contribution < -0.4 is 0 Å². The topological polar surface area (TPSA) is 50.9 Å². The predicted octanol–water partition coefficient (Wildman–Crippen LogP) is 14.2. The number of rotatable bonds is 9. The number of phenols is 1. The molecule has 8 aromatic rings. The third-order valence-corrected chi connectivity index (χ3v) is 11.2. The van der Waals surface area contributed by atoms with Crippen molar-refractivity contribution in [2.45, 2.75) is 79.1 Å². The van der Waals surface area contributed by atoms with Crippen molar-refractivity contribution in [2.75, 3.05) is 0 Å². The molecule has 2 aromatic heterocycles. The molecule has 8 rings (SSSR count). The van der Waals surface area contributed by atoms with E-state index in [0.29, 0.717) is 23.2 Å². The van der Waals surface area contributed by atoms with Gasteiger partial charge in [-0.15, -0.1) is 29.8 Å². The molecule has 0 atom stereocenters. The standard InChI is InChI=1S/C52H50N3O.Pt/c1-31(2)39-18-12-19-40(32(3)4)48(39)37-25-26-44-36(29-37)27-28-53-49(44)38-16-11-15-35(30-38)43-22-14-23-46-50(43)54-52(45-17-9-10-24-47(45)56)55(46)51-41(33(5)6)20-13-21-42(51)34(7)8;/h9-29,31-34,56H,1-8H3;/q-1;. The average Bonchev–Trinajstić information content (AvgIpc) is 3.59. The Bertz CT molecular complexity index is 2690. The van der Waals surface area contributed by atoms with Gasteiger partial charge in [-0.1, -0.05) is 139 Å². The molecule has 4 nitrogen and oxygen atoms in total. The summed E-state index contributed by atoms with van der Waals surface area (Å²) in [6.45, 7) is 18.1. The summed E-state index contributed by atoms with van der Waals surface area (Å²) >= 11 is 0. The van der Waals surface area contributed by atoms with Crippen molar-refractivity contribution in [3.63, 3.8) is 0 Å². The quantitative estimate of drug-likeness (QED) is 0.147. The number of aromatic nitrogens is 3. The summed E-state index contributed by atoms with van der Waals surface area (Å²) in [5, 5.41) is 13.5. The first kappa shape index (κ1) is 39.9. The predicted molar refractivity (Wildman–Crippen MR) is 235 cm³/mol. The van der Waals surface area contributed by atoms with E-state index in [1.807, 2.05) is 24.4 Å². The van der Waals surface area contributed by atoms with E-state index in [4.69, 9.17) is 9.97 Å². The van der Waals surface area contributed by atoms with Crippen molar-refractivity contribution in [2.24, 2.45) is 0 Å². The fourth-order valence-electron chi connectivity index (χ4n) is 8.35. The van der Waals surface area contributed by atoms with Crippen LogP contribution in [0.4, 0.5) is 0 Å². The molecule has 0 bridgehead atoms.